The Kier molecular flexibility index (Phi) is 12.3. The summed E-state index contributed by atoms with van der Waals surface area (Å²) in [5.41, 5.74) is 3.20. The van der Waals surface area contributed by atoms with E-state index in [0.717, 1.165) is 10.3 Å². The molecule has 48 heavy (non-hydrogen) atoms. The van der Waals surface area contributed by atoms with Crippen LogP contribution in [0.5, 0.6) is 5.75 Å². The van der Waals surface area contributed by atoms with Gasteiger partial charge in [-0.15, -0.1) is 0 Å². The smallest absolute Gasteiger partial charge is 0.326 e. The number of carboxylic acids is 1. The number of aromatic nitrogens is 2. The van der Waals surface area contributed by atoms with E-state index in [9.17, 15) is 24.3 Å². The van der Waals surface area contributed by atoms with E-state index < -0.39 is 29.7 Å². The predicted molar refractivity (Wildman–Crippen MR) is 189 cm³/mol. The number of hydrogen-bond acceptors (Lipinski definition) is 6. The third kappa shape index (κ3) is 8.94. The van der Waals surface area contributed by atoms with Crippen LogP contribution < -0.4 is 20.3 Å². The quantitative estimate of drug-likeness (QED) is 0.136. The number of ether oxygens (including phenoxy) is 1. The molecule has 14 heteroatoms. The van der Waals surface area contributed by atoms with Crippen molar-refractivity contribution in [2.75, 3.05) is 18.5 Å². The third-order valence-corrected chi connectivity index (χ3v) is 9.04. The van der Waals surface area contributed by atoms with E-state index in [-0.39, 0.29) is 29.7 Å². The van der Waals surface area contributed by atoms with Crippen LogP contribution in [0.3, 0.4) is 0 Å². The zero-order chi connectivity index (χ0) is 35.1. The summed E-state index contributed by atoms with van der Waals surface area (Å²) in [4.78, 5) is 55.3. The van der Waals surface area contributed by atoms with Gasteiger partial charge in [0.05, 0.1) is 22.9 Å². The molecule has 0 fully saturated rings. The maximum Gasteiger partial charge on any atom is 0.326 e. The molecule has 1 unspecified atom stereocenters. The van der Waals surface area contributed by atoms with Crippen LogP contribution >= 0.6 is 39.1 Å². The second kappa shape index (κ2) is 16.1. The first-order valence-electron chi connectivity index (χ1n) is 14.9. The van der Waals surface area contributed by atoms with Gasteiger partial charge in [-0.25, -0.2) is 9.78 Å². The summed E-state index contributed by atoms with van der Waals surface area (Å²) >= 11 is 16.7. The molecule has 0 bridgehead atoms. The number of fused-ring (bicyclic) bond motifs is 1. The first-order valence-corrected chi connectivity index (χ1v) is 16.4. The van der Waals surface area contributed by atoms with E-state index in [2.05, 4.69) is 31.5 Å². The number of benzene rings is 2. The minimum Gasteiger partial charge on any atom is -0.485 e. The fraction of sp³-hybridized carbons (Fsp3) is 0.265. The van der Waals surface area contributed by atoms with Crippen LogP contribution in [0.25, 0.3) is 11.7 Å². The molecule has 0 aliphatic heterocycles. The van der Waals surface area contributed by atoms with E-state index in [0.29, 0.717) is 39.7 Å². The van der Waals surface area contributed by atoms with E-state index in [1.54, 1.807) is 30.3 Å². The largest absolute Gasteiger partial charge is 0.485 e. The number of carbonyl (C=O) groups is 4. The number of carboxylic acid groups (broad SMARTS) is 1. The fourth-order valence-corrected chi connectivity index (χ4v) is 5.67. The van der Waals surface area contributed by atoms with Crippen molar-refractivity contribution < 1.29 is 29.0 Å². The third-order valence-electron chi connectivity index (χ3n) is 7.31. The summed E-state index contributed by atoms with van der Waals surface area (Å²) in [5, 5.41) is 15.0. The Balaban J connectivity index is 1.33. The molecule has 252 valence electrons. The van der Waals surface area contributed by atoms with E-state index >= 15 is 0 Å². The normalized spacial score (nSPS) is 11.9. The summed E-state index contributed by atoms with van der Waals surface area (Å²) < 4.78 is 8.71. The number of nitrogens with zero attached hydrogens (tertiary/aromatic N) is 3. The highest BCUT2D eigenvalue weighted by Crippen LogP contribution is 2.35. The number of halogens is 3. The number of nitrogens with one attached hydrogen (secondary N) is 2. The first kappa shape index (κ1) is 36.4. The molecule has 0 saturated heterocycles. The van der Waals surface area contributed by atoms with Gasteiger partial charge in [-0.05, 0) is 83.2 Å². The van der Waals surface area contributed by atoms with Gasteiger partial charge in [0, 0.05) is 35.5 Å². The maximum atomic E-state index is 13.0. The van der Waals surface area contributed by atoms with Gasteiger partial charge >= 0.3 is 5.97 Å². The molecule has 2 heterocycles. The number of likely N-dealkylation sites (N-methyl/N-ethyl adjacent to an activating group) is 1. The van der Waals surface area contributed by atoms with Crippen molar-refractivity contribution in [3.05, 3.63) is 97.8 Å². The molecular weight excluding hydrogens is 725 g/mol. The number of imidazole rings is 1. The SMILES string of the molecule is Cc1nc2c(OCc3c(Cl)ccc(N(C)C(=O)CNC(=O)/C=C/c4ccc(C(=O)NC(CC(C)C)C(=O)O)cc4)c3Cl)cccn2c1Br. The molecule has 2 aromatic carbocycles. The van der Waals surface area contributed by atoms with E-state index in [1.165, 1.54) is 36.2 Å². The minimum absolute atomic E-state index is 0.0188. The monoisotopic (exact) mass is 757 g/mol. The zero-order valence-electron chi connectivity index (χ0n) is 26.6. The van der Waals surface area contributed by atoms with Crippen LogP contribution in [0, 0.1) is 12.8 Å². The molecule has 4 rings (SSSR count). The van der Waals surface area contributed by atoms with Crippen LogP contribution in [0.4, 0.5) is 5.69 Å². The average Bonchev–Trinajstić information content (AvgIpc) is 3.35. The number of carbonyl (C=O) groups excluding carboxylic acids is 3. The Morgan fingerprint density at radius 2 is 1.81 bits per heavy atom. The molecule has 0 aliphatic rings. The molecule has 3 amide bonds. The van der Waals surface area contributed by atoms with Gasteiger partial charge in [-0.2, -0.15) is 0 Å². The Hall–Kier alpha value is -4.39. The lowest BCUT2D eigenvalue weighted by Crippen LogP contribution is -2.41. The lowest BCUT2D eigenvalue weighted by Gasteiger charge is -2.21. The first-order chi connectivity index (χ1) is 22.8. The lowest BCUT2D eigenvalue weighted by molar-refractivity contribution is -0.139. The molecule has 0 spiro atoms. The molecule has 3 N–H and O–H groups in total. The fourth-order valence-electron chi connectivity index (χ4n) is 4.69. The number of rotatable bonds is 13. The van der Waals surface area contributed by atoms with E-state index in [1.807, 2.05) is 37.4 Å². The zero-order valence-corrected chi connectivity index (χ0v) is 29.7. The van der Waals surface area contributed by atoms with E-state index in [4.69, 9.17) is 27.9 Å². The molecule has 11 nitrogen and oxygen atoms in total. The number of aliphatic carboxylic acids is 1. The van der Waals surface area contributed by atoms with Crippen LogP contribution in [-0.2, 0) is 21.0 Å². The van der Waals surface area contributed by atoms with Gasteiger partial charge in [0.1, 0.15) is 17.3 Å². The van der Waals surface area contributed by atoms with Gasteiger partial charge in [0.15, 0.2) is 11.4 Å². The minimum atomic E-state index is -1.10. The predicted octanol–water partition coefficient (Wildman–Crippen LogP) is 6.31. The van der Waals surface area contributed by atoms with Gasteiger partial charge in [0.2, 0.25) is 11.8 Å². The molecule has 0 aliphatic carbocycles. The molecule has 0 radical (unpaired) electrons. The maximum absolute atomic E-state index is 13.0. The molecular formula is C34H34BrCl2N5O6. The van der Waals surface area contributed by atoms with Gasteiger partial charge in [0.25, 0.3) is 5.91 Å². The Bertz CT molecular complexity index is 1880. The number of hydrogen-bond donors (Lipinski definition) is 3. The van der Waals surface area contributed by atoms with Crippen molar-refractivity contribution in [3.63, 3.8) is 0 Å². The van der Waals surface area contributed by atoms with Crippen LogP contribution in [0.2, 0.25) is 10.0 Å². The number of aryl methyl sites for hydroxylation is 1. The Morgan fingerprint density at radius 3 is 2.48 bits per heavy atom. The molecule has 1 atom stereocenters. The topological polar surface area (TPSA) is 142 Å². The standard InChI is InChI=1S/C34H34BrCl2N5O6/c1-19(2)16-25(34(46)47)40-33(45)22-10-7-21(8-11-22)9-14-28(43)38-17-29(44)41(4)26-13-12-24(36)23(30(26)37)18-48-27-6-5-15-42-31(35)20(3)39-32(27)42/h5-15,19,25H,16-18H2,1-4H3,(H,38,43)(H,40,45)(H,46,47)/b14-9+. The summed E-state index contributed by atoms with van der Waals surface area (Å²) in [6.07, 6.45) is 4.95. The van der Waals surface area contributed by atoms with Crippen LogP contribution in [0.15, 0.2) is 65.4 Å². The van der Waals surface area contributed by atoms with Crippen molar-refractivity contribution in [2.45, 2.75) is 39.8 Å². The van der Waals surface area contributed by atoms with Gasteiger partial charge in [-0.1, -0.05) is 49.2 Å². The van der Waals surface area contributed by atoms with Crippen molar-refractivity contribution in [3.8, 4) is 5.75 Å². The average molecular weight is 759 g/mol. The highest BCUT2D eigenvalue weighted by Gasteiger charge is 2.22. The molecule has 2 aromatic heterocycles. The van der Waals surface area contributed by atoms with Crippen LogP contribution in [0.1, 0.15) is 47.4 Å². The van der Waals surface area contributed by atoms with Crippen LogP contribution in [-0.4, -0.2) is 57.8 Å². The number of pyridine rings is 1. The van der Waals surface area contributed by atoms with Crippen molar-refractivity contribution >= 4 is 80.2 Å². The lowest BCUT2D eigenvalue weighted by atomic mass is 10.0. The Morgan fingerprint density at radius 1 is 1.10 bits per heavy atom. The summed E-state index contributed by atoms with van der Waals surface area (Å²) in [7, 11) is 1.54. The highest BCUT2D eigenvalue weighted by atomic mass is 79.9. The summed E-state index contributed by atoms with van der Waals surface area (Å²) in [5.74, 6) is -1.92. The van der Waals surface area contributed by atoms with Crippen molar-refractivity contribution in [1.82, 2.24) is 20.0 Å². The highest BCUT2D eigenvalue weighted by molar-refractivity contribution is 9.10. The van der Waals surface area contributed by atoms with Gasteiger partial charge in [-0.3, -0.25) is 18.8 Å². The van der Waals surface area contributed by atoms with Gasteiger partial charge < -0.3 is 25.4 Å². The Labute approximate surface area is 296 Å². The summed E-state index contributed by atoms with van der Waals surface area (Å²) in [6.45, 7) is 5.34. The van der Waals surface area contributed by atoms with Crippen molar-refractivity contribution in [1.29, 1.82) is 0 Å². The molecule has 4 aromatic rings. The number of amides is 3. The second-order valence-corrected chi connectivity index (χ2v) is 12.9. The second-order valence-electron chi connectivity index (χ2n) is 11.3. The van der Waals surface area contributed by atoms with Crippen molar-refractivity contribution in [2.24, 2.45) is 5.92 Å². The summed E-state index contributed by atoms with van der Waals surface area (Å²) in [6, 6.07) is 12.2. The molecule has 0 saturated carbocycles. The number of anilines is 1.